The molecule has 1 atom stereocenters. The lowest BCUT2D eigenvalue weighted by molar-refractivity contribution is 0.118. The third-order valence-electron chi connectivity index (χ3n) is 3.92. The first-order valence-electron chi connectivity index (χ1n) is 7.23. The van der Waals surface area contributed by atoms with Crippen LogP contribution < -0.4 is 10.1 Å². The second-order valence-electron chi connectivity index (χ2n) is 5.91. The largest absolute Gasteiger partial charge is 0.485 e. The minimum absolute atomic E-state index is 0.117. The number of rotatable bonds is 4. The van der Waals surface area contributed by atoms with Crippen LogP contribution in [0.3, 0.4) is 0 Å². The first-order valence-corrected chi connectivity index (χ1v) is 7.23. The summed E-state index contributed by atoms with van der Waals surface area (Å²) in [4.78, 5) is 0. The van der Waals surface area contributed by atoms with Crippen LogP contribution in [-0.2, 0) is 11.3 Å². The van der Waals surface area contributed by atoms with Gasteiger partial charge in [0, 0.05) is 23.9 Å². The molecular weight excluding hydrogens is 262 g/mol. The molecule has 1 unspecified atom stereocenters. The average Bonchev–Trinajstić information content (AvgIpc) is 2.72. The quantitative estimate of drug-likeness (QED) is 0.914. The topological polar surface area (TPSA) is 30.5 Å². The van der Waals surface area contributed by atoms with Gasteiger partial charge in [-0.15, -0.1) is 0 Å². The minimum atomic E-state index is -0.288. The number of hydrogen-bond acceptors (Lipinski definition) is 3. The van der Waals surface area contributed by atoms with Crippen molar-refractivity contribution < 1.29 is 9.47 Å². The van der Waals surface area contributed by atoms with Crippen LogP contribution in [0.1, 0.15) is 31.0 Å². The fourth-order valence-electron chi connectivity index (χ4n) is 2.88. The van der Waals surface area contributed by atoms with E-state index >= 15 is 0 Å². The SMILES string of the molecule is COCc1ccccc1NC1c2ccccc2OC1(C)C. The summed E-state index contributed by atoms with van der Waals surface area (Å²) in [5, 5.41) is 3.64. The first-order chi connectivity index (χ1) is 10.1. The third kappa shape index (κ3) is 2.61. The second kappa shape index (κ2) is 5.41. The van der Waals surface area contributed by atoms with Crippen LogP contribution in [0.25, 0.3) is 0 Å². The standard InChI is InChI=1S/C18H21NO2/c1-18(2)17(14-9-5-7-11-16(14)21-18)19-15-10-6-4-8-13(15)12-20-3/h4-11,17,19H,12H2,1-3H3. The van der Waals surface area contributed by atoms with Crippen molar-refractivity contribution in [3.8, 4) is 5.75 Å². The third-order valence-corrected chi connectivity index (χ3v) is 3.92. The van der Waals surface area contributed by atoms with E-state index in [2.05, 4.69) is 43.4 Å². The van der Waals surface area contributed by atoms with Crippen molar-refractivity contribution in [1.29, 1.82) is 0 Å². The highest BCUT2D eigenvalue weighted by molar-refractivity contribution is 5.55. The molecule has 0 radical (unpaired) electrons. The Bertz CT molecular complexity index is 637. The summed E-state index contributed by atoms with van der Waals surface area (Å²) in [7, 11) is 1.72. The molecule has 3 rings (SSSR count). The predicted octanol–water partition coefficient (Wildman–Crippen LogP) is 4.16. The number of benzene rings is 2. The van der Waals surface area contributed by atoms with E-state index in [0.717, 1.165) is 17.0 Å². The van der Waals surface area contributed by atoms with Gasteiger partial charge in [-0.3, -0.25) is 0 Å². The molecule has 0 amide bonds. The molecule has 3 nitrogen and oxygen atoms in total. The van der Waals surface area contributed by atoms with Crippen molar-refractivity contribution in [1.82, 2.24) is 0 Å². The number of nitrogens with one attached hydrogen (secondary N) is 1. The maximum atomic E-state index is 6.09. The predicted molar refractivity (Wildman–Crippen MR) is 84.7 cm³/mol. The van der Waals surface area contributed by atoms with Gasteiger partial charge in [0.25, 0.3) is 0 Å². The summed E-state index contributed by atoms with van der Waals surface area (Å²) in [6.07, 6.45) is 0. The van der Waals surface area contributed by atoms with E-state index in [9.17, 15) is 0 Å². The molecule has 0 aromatic heterocycles. The number of methoxy groups -OCH3 is 1. The summed E-state index contributed by atoms with van der Waals surface area (Å²) in [6.45, 7) is 4.83. The highest BCUT2D eigenvalue weighted by Crippen LogP contribution is 2.44. The van der Waals surface area contributed by atoms with Crippen molar-refractivity contribution in [2.24, 2.45) is 0 Å². The number of fused-ring (bicyclic) bond motifs is 1. The Kier molecular flexibility index (Phi) is 3.60. The van der Waals surface area contributed by atoms with Gasteiger partial charge in [-0.2, -0.15) is 0 Å². The molecule has 3 heteroatoms. The molecule has 0 aliphatic carbocycles. The van der Waals surface area contributed by atoms with Crippen LogP contribution in [0.15, 0.2) is 48.5 Å². The number of para-hydroxylation sites is 2. The molecular formula is C18H21NO2. The van der Waals surface area contributed by atoms with Gasteiger partial charge < -0.3 is 14.8 Å². The number of anilines is 1. The van der Waals surface area contributed by atoms with Crippen molar-refractivity contribution in [2.45, 2.75) is 32.1 Å². The normalized spacial score (nSPS) is 18.9. The molecule has 0 spiro atoms. The lowest BCUT2D eigenvalue weighted by Crippen LogP contribution is -2.35. The van der Waals surface area contributed by atoms with Gasteiger partial charge in [-0.05, 0) is 26.0 Å². The molecule has 0 saturated heterocycles. The van der Waals surface area contributed by atoms with E-state index in [1.165, 1.54) is 5.56 Å². The maximum absolute atomic E-state index is 6.09. The summed E-state index contributed by atoms with van der Waals surface area (Å²) in [6, 6.07) is 16.6. The Morgan fingerprint density at radius 3 is 2.62 bits per heavy atom. The molecule has 0 saturated carbocycles. The monoisotopic (exact) mass is 283 g/mol. The second-order valence-corrected chi connectivity index (χ2v) is 5.91. The Morgan fingerprint density at radius 2 is 1.81 bits per heavy atom. The molecule has 110 valence electrons. The number of ether oxygens (including phenoxy) is 2. The summed E-state index contributed by atoms with van der Waals surface area (Å²) in [5.74, 6) is 0.962. The van der Waals surface area contributed by atoms with E-state index in [1.54, 1.807) is 7.11 Å². The average molecular weight is 283 g/mol. The summed E-state index contributed by atoms with van der Waals surface area (Å²) < 4.78 is 11.4. The van der Waals surface area contributed by atoms with Gasteiger partial charge in [-0.1, -0.05) is 36.4 Å². The van der Waals surface area contributed by atoms with Crippen molar-refractivity contribution in [2.75, 3.05) is 12.4 Å². The molecule has 1 aliphatic heterocycles. The van der Waals surface area contributed by atoms with Crippen LogP contribution in [0, 0.1) is 0 Å². The highest BCUT2D eigenvalue weighted by Gasteiger charge is 2.41. The number of hydrogen-bond donors (Lipinski definition) is 1. The van der Waals surface area contributed by atoms with Crippen LogP contribution in [0.2, 0.25) is 0 Å². The summed E-state index contributed by atoms with van der Waals surface area (Å²) in [5.41, 5.74) is 3.16. The van der Waals surface area contributed by atoms with E-state index in [0.29, 0.717) is 6.61 Å². The van der Waals surface area contributed by atoms with E-state index < -0.39 is 0 Å². The maximum Gasteiger partial charge on any atom is 0.128 e. The smallest absolute Gasteiger partial charge is 0.128 e. The van der Waals surface area contributed by atoms with Crippen molar-refractivity contribution >= 4 is 5.69 Å². The Morgan fingerprint density at radius 1 is 1.10 bits per heavy atom. The van der Waals surface area contributed by atoms with Crippen LogP contribution in [0.5, 0.6) is 5.75 Å². The fraction of sp³-hybridized carbons (Fsp3) is 0.333. The highest BCUT2D eigenvalue weighted by atomic mass is 16.5. The molecule has 1 aliphatic rings. The molecule has 1 N–H and O–H groups in total. The Labute approximate surface area is 125 Å². The van der Waals surface area contributed by atoms with E-state index in [4.69, 9.17) is 9.47 Å². The van der Waals surface area contributed by atoms with Gasteiger partial charge in [0.15, 0.2) is 0 Å². The molecule has 0 fully saturated rings. The van der Waals surface area contributed by atoms with Gasteiger partial charge >= 0.3 is 0 Å². The summed E-state index contributed by atoms with van der Waals surface area (Å²) >= 11 is 0. The van der Waals surface area contributed by atoms with Crippen LogP contribution in [0.4, 0.5) is 5.69 Å². The van der Waals surface area contributed by atoms with Crippen LogP contribution >= 0.6 is 0 Å². The van der Waals surface area contributed by atoms with Crippen LogP contribution in [-0.4, -0.2) is 12.7 Å². The van der Waals surface area contributed by atoms with Gasteiger partial charge in [0.2, 0.25) is 0 Å². The van der Waals surface area contributed by atoms with Crippen molar-refractivity contribution in [3.05, 3.63) is 59.7 Å². The van der Waals surface area contributed by atoms with Crippen molar-refractivity contribution in [3.63, 3.8) is 0 Å². The zero-order valence-corrected chi connectivity index (χ0v) is 12.7. The minimum Gasteiger partial charge on any atom is -0.485 e. The zero-order valence-electron chi connectivity index (χ0n) is 12.7. The molecule has 1 heterocycles. The Balaban J connectivity index is 1.94. The fourth-order valence-corrected chi connectivity index (χ4v) is 2.88. The van der Waals surface area contributed by atoms with Gasteiger partial charge in [-0.25, -0.2) is 0 Å². The zero-order chi connectivity index (χ0) is 14.9. The van der Waals surface area contributed by atoms with Gasteiger partial charge in [0.05, 0.1) is 12.6 Å². The lowest BCUT2D eigenvalue weighted by Gasteiger charge is -2.28. The van der Waals surface area contributed by atoms with E-state index in [-0.39, 0.29) is 11.6 Å². The molecule has 2 aromatic carbocycles. The molecule has 21 heavy (non-hydrogen) atoms. The molecule has 0 bridgehead atoms. The lowest BCUT2D eigenvalue weighted by atomic mass is 9.94. The molecule has 2 aromatic rings. The van der Waals surface area contributed by atoms with E-state index in [1.807, 2.05) is 24.3 Å². The van der Waals surface area contributed by atoms with Gasteiger partial charge in [0.1, 0.15) is 11.4 Å². The Hall–Kier alpha value is -2.00. The first kappa shape index (κ1) is 14.0.